The van der Waals surface area contributed by atoms with Crippen molar-refractivity contribution in [2.45, 2.75) is 25.4 Å². The zero-order valence-corrected chi connectivity index (χ0v) is 21.9. The lowest BCUT2D eigenvalue weighted by atomic mass is 10.0. The number of halogens is 1. The molecule has 0 unspecified atom stereocenters. The van der Waals surface area contributed by atoms with E-state index in [0.29, 0.717) is 27.0 Å². The smallest absolute Gasteiger partial charge is 0.269 e. The second kappa shape index (κ2) is 10.3. The molecule has 1 amide bonds. The van der Waals surface area contributed by atoms with Crippen LogP contribution in [0.2, 0.25) is 4.34 Å². The highest BCUT2D eigenvalue weighted by atomic mass is 35.5. The molecule has 0 spiro atoms. The zero-order valence-electron chi connectivity index (χ0n) is 20.3. The average molecular weight is 543 g/mol. The van der Waals surface area contributed by atoms with E-state index < -0.39 is 0 Å². The molecule has 5 heterocycles. The highest BCUT2D eigenvalue weighted by Crippen LogP contribution is 2.32. The number of pyridine rings is 1. The van der Waals surface area contributed by atoms with Gasteiger partial charge in [-0.1, -0.05) is 35.0 Å². The van der Waals surface area contributed by atoms with Gasteiger partial charge in [-0.25, -0.2) is 0 Å². The molecule has 1 aliphatic heterocycles. The number of hydrogen-bond donors (Lipinski definition) is 1. The molecule has 0 aliphatic carbocycles. The first-order chi connectivity index (χ1) is 18.6. The average Bonchev–Trinajstić information content (AvgIpc) is 3.67. The fraction of sp³-hybridized carbons (Fsp3) is 0.214. The molecule has 1 saturated heterocycles. The molecule has 38 heavy (non-hydrogen) atoms. The van der Waals surface area contributed by atoms with Gasteiger partial charge in [-0.15, -0.1) is 11.3 Å². The van der Waals surface area contributed by atoms with Gasteiger partial charge < -0.3 is 19.3 Å². The van der Waals surface area contributed by atoms with Gasteiger partial charge in [-0.05, 0) is 43.2 Å². The summed E-state index contributed by atoms with van der Waals surface area (Å²) >= 11 is 7.49. The number of nitrogens with zero attached hydrogens (tertiary/aromatic N) is 5. The van der Waals surface area contributed by atoms with E-state index in [1.807, 2.05) is 59.2 Å². The van der Waals surface area contributed by atoms with E-state index in [2.05, 4.69) is 26.4 Å². The number of piperidine rings is 1. The molecule has 1 fully saturated rings. The minimum atomic E-state index is -0.256. The van der Waals surface area contributed by atoms with Gasteiger partial charge in [0.1, 0.15) is 17.5 Å². The molecular weight excluding hydrogens is 520 g/mol. The number of para-hydroxylation sites is 1. The van der Waals surface area contributed by atoms with E-state index >= 15 is 0 Å². The van der Waals surface area contributed by atoms with E-state index in [9.17, 15) is 10.1 Å². The summed E-state index contributed by atoms with van der Waals surface area (Å²) in [4.78, 5) is 21.0. The molecule has 190 valence electrons. The first-order valence-electron chi connectivity index (χ1n) is 12.3. The van der Waals surface area contributed by atoms with Crippen molar-refractivity contribution in [1.82, 2.24) is 20.0 Å². The largest absolute Gasteiger partial charge is 0.371 e. The number of amides is 1. The number of benzene rings is 1. The van der Waals surface area contributed by atoms with Crippen molar-refractivity contribution < 1.29 is 9.32 Å². The molecule has 0 atom stereocenters. The first-order valence-corrected chi connectivity index (χ1v) is 13.5. The predicted molar refractivity (Wildman–Crippen MR) is 148 cm³/mol. The van der Waals surface area contributed by atoms with E-state index in [1.54, 1.807) is 12.4 Å². The summed E-state index contributed by atoms with van der Waals surface area (Å²) in [6.45, 7) is 1.95. The number of carbonyl (C=O) groups is 1. The summed E-state index contributed by atoms with van der Waals surface area (Å²) in [5.74, 6) is 0.356. The fourth-order valence-electron chi connectivity index (χ4n) is 5.02. The molecule has 6 rings (SSSR count). The minimum absolute atomic E-state index is 0.0147. The summed E-state index contributed by atoms with van der Waals surface area (Å²) in [7, 11) is 0. The maximum absolute atomic E-state index is 13.7. The molecule has 10 heteroatoms. The van der Waals surface area contributed by atoms with Crippen molar-refractivity contribution in [3.63, 3.8) is 0 Å². The van der Waals surface area contributed by atoms with Crippen LogP contribution in [-0.2, 0) is 6.54 Å². The van der Waals surface area contributed by atoms with Gasteiger partial charge in [-0.3, -0.25) is 9.78 Å². The van der Waals surface area contributed by atoms with Gasteiger partial charge >= 0.3 is 0 Å². The molecule has 0 bridgehead atoms. The van der Waals surface area contributed by atoms with Gasteiger partial charge in [0, 0.05) is 48.7 Å². The Kier molecular flexibility index (Phi) is 6.58. The van der Waals surface area contributed by atoms with E-state index in [4.69, 9.17) is 16.1 Å². The molecule has 1 N–H and O–H groups in total. The summed E-state index contributed by atoms with van der Waals surface area (Å²) in [6, 6.07) is 19.4. The number of rotatable bonds is 6. The van der Waals surface area contributed by atoms with Crippen LogP contribution in [0, 0.1) is 11.3 Å². The third-order valence-electron chi connectivity index (χ3n) is 6.85. The number of aromatic nitrogens is 3. The Labute approximate surface area is 228 Å². The Morgan fingerprint density at radius 3 is 2.68 bits per heavy atom. The van der Waals surface area contributed by atoms with Crippen LogP contribution in [-0.4, -0.2) is 39.7 Å². The molecule has 4 aromatic heterocycles. The highest BCUT2D eigenvalue weighted by Gasteiger charge is 2.27. The summed E-state index contributed by atoms with van der Waals surface area (Å²) in [5.41, 5.74) is 3.28. The van der Waals surface area contributed by atoms with Gasteiger partial charge in [-0.2, -0.15) is 5.26 Å². The third kappa shape index (κ3) is 4.64. The van der Waals surface area contributed by atoms with Crippen LogP contribution < -0.4 is 10.2 Å². The van der Waals surface area contributed by atoms with Crippen molar-refractivity contribution in [2.75, 3.05) is 18.0 Å². The normalized spacial score (nSPS) is 14.1. The summed E-state index contributed by atoms with van der Waals surface area (Å²) < 4.78 is 8.09. The van der Waals surface area contributed by atoms with Crippen molar-refractivity contribution in [2.24, 2.45) is 0 Å². The second-order valence-corrected chi connectivity index (χ2v) is 10.9. The van der Waals surface area contributed by atoms with Crippen LogP contribution in [0.4, 0.5) is 5.69 Å². The second-order valence-electron chi connectivity index (χ2n) is 9.17. The highest BCUT2D eigenvalue weighted by molar-refractivity contribution is 7.19. The Morgan fingerprint density at radius 2 is 1.95 bits per heavy atom. The van der Waals surface area contributed by atoms with Gasteiger partial charge in [0.25, 0.3) is 5.91 Å². The molecule has 5 aromatic rings. The maximum atomic E-state index is 13.7. The number of anilines is 1. The lowest BCUT2D eigenvalue weighted by Crippen LogP contribution is -2.45. The van der Waals surface area contributed by atoms with Gasteiger partial charge in [0.05, 0.1) is 26.8 Å². The van der Waals surface area contributed by atoms with Crippen LogP contribution in [0.3, 0.4) is 0 Å². The Hall–Kier alpha value is -4.13. The third-order valence-corrected chi connectivity index (χ3v) is 8.10. The first kappa shape index (κ1) is 24.2. The van der Waals surface area contributed by atoms with Crippen LogP contribution >= 0.6 is 22.9 Å². The van der Waals surface area contributed by atoms with Crippen LogP contribution in [0.15, 0.2) is 71.5 Å². The lowest BCUT2D eigenvalue weighted by molar-refractivity contribution is 0.0922. The monoisotopic (exact) mass is 542 g/mol. The van der Waals surface area contributed by atoms with E-state index in [0.717, 1.165) is 47.4 Å². The fourth-order valence-corrected chi connectivity index (χ4v) is 6.01. The quantitative estimate of drug-likeness (QED) is 0.294. The van der Waals surface area contributed by atoms with Crippen LogP contribution in [0.1, 0.15) is 34.6 Å². The standard InChI is InChI=1S/C28H23ClN6O2S/c29-26-6-5-25(38-26)24-15-19(33-37-24)17-35-23-4-2-1-3-21(23)22(16-30)27(35)28(36)32-18-9-13-34(14-10-18)20-7-11-31-12-8-20/h1-8,11-12,15,18H,9-10,13-14,17H2,(H,32,36). The molecular formula is C28H23ClN6O2S. The minimum Gasteiger partial charge on any atom is -0.371 e. The number of carbonyl (C=O) groups excluding carboxylic acids is 1. The number of nitrogens with one attached hydrogen (secondary N) is 1. The molecule has 0 saturated carbocycles. The van der Waals surface area contributed by atoms with E-state index in [1.165, 1.54) is 11.3 Å². The molecule has 8 nitrogen and oxygen atoms in total. The zero-order chi connectivity index (χ0) is 26.1. The van der Waals surface area contributed by atoms with Gasteiger partial charge in [0.2, 0.25) is 0 Å². The van der Waals surface area contributed by atoms with Crippen molar-refractivity contribution in [3.05, 3.63) is 88.3 Å². The Bertz CT molecular complexity index is 1640. The topological polar surface area (TPSA) is 100.0 Å². The number of thiophene rings is 1. The summed E-state index contributed by atoms with van der Waals surface area (Å²) in [6.07, 6.45) is 5.20. The van der Waals surface area contributed by atoms with Crippen molar-refractivity contribution in [3.8, 4) is 16.7 Å². The van der Waals surface area contributed by atoms with E-state index in [-0.39, 0.29) is 18.5 Å². The Balaban J connectivity index is 1.26. The van der Waals surface area contributed by atoms with Crippen molar-refractivity contribution >= 4 is 45.4 Å². The SMILES string of the molecule is N#Cc1c(C(=O)NC2CCN(c3ccncc3)CC2)n(Cc2cc(-c3ccc(Cl)s3)on2)c2ccccc12. The molecule has 1 aliphatic rings. The van der Waals surface area contributed by atoms with Crippen LogP contribution in [0.25, 0.3) is 21.5 Å². The van der Waals surface area contributed by atoms with Crippen molar-refractivity contribution in [1.29, 1.82) is 5.26 Å². The van der Waals surface area contributed by atoms with Gasteiger partial charge in [0.15, 0.2) is 5.76 Å². The molecule has 1 aromatic carbocycles. The number of nitriles is 1. The molecule has 0 radical (unpaired) electrons. The lowest BCUT2D eigenvalue weighted by Gasteiger charge is -2.33. The predicted octanol–water partition coefficient (Wildman–Crippen LogP) is 5.72. The maximum Gasteiger partial charge on any atom is 0.269 e. The van der Waals surface area contributed by atoms with Crippen LogP contribution in [0.5, 0.6) is 0 Å². The number of hydrogen-bond acceptors (Lipinski definition) is 7. The summed E-state index contributed by atoms with van der Waals surface area (Å²) in [5, 5.41) is 18.2. The number of fused-ring (bicyclic) bond motifs is 1. The Morgan fingerprint density at radius 1 is 1.16 bits per heavy atom.